The van der Waals surface area contributed by atoms with E-state index >= 15 is 0 Å². The van der Waals surface area contributed by atoms with E-state index in [1.165, 1.54) is 0 Å². The zero-order chi connectivity index (χ0) is 14.6. The van der Waals surface area contributed by atoms with Crippen LogP contribution in [0.5, 0.6) is 0 Å². The Hall–Kier alpha value is -1.35. The predicted molar refractivity (Wildman–Crippen MR) is 77.9 cm³/mol. The van der Waals surface area contributed by atoms with Crippen molar-refractivity contribution in [3.05, 3.63) is 35.9 Å². The van der Waals surface area contributed by atoms with Crippen LogP contribution in [0.25, 0.3) is 0 Å². The summed E-state index contributed by atoms with van der Waals surface area (Å²) in [6.45, 7) is 7.68. The maximum absolute atomic E-state index is 12.1. The van der Waals surface area contributed by atoms with Gasteiger partial charge < -0.3 is 9.64 Å². The van der Waals surface area contributed by atoms with Gasteiger partial charge in [0.25, 0.3) is 0 Å². The molecule has 0 fully saturated rings. The first-order chi connectivity index (χ1) is 8.73. The van der Waals surface area contributed by atoms with E-state index in [9.17, 15) is 4.79 Å². The highest BCUT2D eigenvalue weighted by Crippen LogP contribution is 2.27. The normalized spacial score (nSPS) is 15.1. The fourth-order valence-corrected chi connectivity index (χ4v) is 1.65. The van der Waals surface area contributed by atoms with Crippen molar-refractivity contribution in [3.63, 3.8) is 0 Å². The monoisotopic (exact) mass is 263 g/mol. The highest BCUT2D eigenvalue weighted by Gasteiger charge is 2.30. The summed E-state index contributed by atoms with van der Waals surface area (Å²) in [7, 11) is 3.98. The molecule has 0 aliphatic carbocycles. The second-order valence-electron chi connectivity index (χ2n) is 6.19. The number of benzene rings is 1. The predicted octanol–water partition coefficient (Wildman–Crippen LogP) is 3.27. The number of esters is 1. The average Bonchev–Trinajstić information content (AvgIpc) is 2.34. The summed E-state index contributed by atoms with van der Waals surface area (Å²) in [5.74, 6) is -0.171. The van der Waals surface area contributed by atoms with Gasteiger partial charge in [-0.1, -0.05) is 30.3 Å². The van der Waals surface area contributed by atoms with Gasteiger partial charge in [0, 0.05) is 6.04 Å². The van der Waals surface area contributed by atoms with E-state index in [1.807, 2.05) is 65.2 Å². The third kappa shape index (κ3) is 4.35. The van der Waals surface area contributed by atoms with Crippen LogP contribution >= 0.6 is 0 Å². The van der Waals surface area contributed by atoms with E-state index in [0.717, 1.165) is 5.56 Å². The first kappa shape index (κ1) is 15.7. The number of rotatable bonds is 4. The molecular weight excluding hydrogens is 238 g/mol. The summed E-state index contributed by atoms with van der Waals surface area (Å²) in [6, 6.07) is 10.0. The molecule has 0 aliphatic heterocycles. The molecule has 1 rings (SSSR count). The lowest BCUT2D eigenvalue weighted by Crippen LogP contribution is -2.36. The number of nitrogens with zero attached hydrogens (tertiary/aromatic N) is 1. The van der Waals surface area contributed by atoms with Gasteiger partial charge in [-0.3, -0.25) is 4.79 Å². The van der Waals surface area contributed by atoms with Gasteiger partial charge in [-0.2, -0.15) is 0 Å². The van der Waals surface area contributed by atoms with Gasteiger partial charge in [-0.05, 0) is 47.4 Å². The van der Waals surface area contributed by atoms with Crippen molar-refractivity contribution in [1.82, 2.24) is 4.90 Å². The van der Waals surface area contributed by atoms with Crippen molar-refractivity contribution in [2.24, 2.45) is 5.41 Å². The quantitative estimate of drug-likeness (QED) is 0.781. The van der Waals surface area contributed by atoms with Crippen LogP contribution in [0.15, 0.2) is 30.3 Å². The van der Waals surface area contributed by atoms with Gasteiger partial charge in [0.1, 0.15) is 6.10 Å². The molecule has 3 nitrogen and oxygen atoms in total. The molecule has 0 heterocycles. The summed E-state index contributed by atoms with van der Waals surface area (Å²) < 4.78 is 5.74. The molecular formula is C16H25NO2. The van der Waals surface area contributed by atoms with Crippen LogP contribution in [-0.2, 0) is 9.53 Å². The maximum Gasteiger partial charge on any atom is 0.311 e. The van der Waals surface area contributed by atoms with Crippen molar-refractivity contribution < 1.29 is 9.53 Å². The zero-order valence-electron chi connectivity index (χ0n) is 12.8. The Kier molecular flexibility index (Phi) is 5.12. The highest BCUT2D eigenvalue weighted by molar-refractivity contribution is 5.75. The molecule has 2 atom stereocenters. The zero-order valence-corrected chi connectivity index (χ0v) is 12.8. The molecule has 1 aromatic carbocycles. The van der Waals surface area contributed by atoms with Crippen molar-refractivity contribution >= 4 is 5.97 Å². The Morgan fingerprint density at radius 2 is 1.68 bits per heavy atom. The molecule has 0 saturated carbocycles. The number of likely N-dealkylation sites (N-methyl/N-ethyl adjacent to an activating group) is 1. The van der Waals surface area contributed by atoms with Crippen LogP contribution in [0.4, 0.5) is 0 Å². The lowest BCUT2D eigenvalue weighted by atomic mass is 9.96. The molecule has 19 heavy (non-hydrogen) atoms. The molecule has 0 radical (unpaired) electrons. The summed E-state index contributed by atoms with van der Waals surface area (Å²) in [5.41, 5.74) is 0.542. The molecule has 1 aromatic rings. The fourth-order valence-electron chi connectivity index (χ4n) is 1.65. The van der Waals surface area contributed by atoms with E-state index in [0.29, 0.717) is 0 Å². The molecule has 3 heteroatoms. The average molecular weight is 263 g/mol. The Labute approximate surface area is 116 Å². The second-order valence-corrected chi connectivity index (χ2v) is 6.19. The minimum atomic E-state index is -0.487. The molecule has 0 spiro atoms. The van der Waals surface area contributed by atoms with Crippen LogP contribution in [0.1, 0.15) is 39.4 Å². The molecule has 1 unspecified atom stereocenters. The standard InChI is InChI=1S/C16H25NO2/c1-12(17(5)6)14(13-10-8-7-9-11-13)19-15(18)16(2,3)4/h7-12,14H,1-6H3/t12?,14-/m1/s1. The molecule has 0 saturated heterocycles. The lowest BCUT2D eigenvalue weighted by Gasteiger charge is -2.31. The van der Waals surface area contributed by atoms with Gasteiger partial charge in [0.2, 0.25) is 0 Å². The van der Waals surface area contributed by atoms with Gasteiger partial charge in [0.15, 0.2) is 0 Å². The number of hydrogen-bond acceptors (Lipinski definition) is 3. The molecule has 0 aliphatic rings. The molecule has 0 aromatic heterocycles. The van der Waals surface area contributed by atoms with Gasteiger partial charge in [-0.15, -0.1) is 0 Å². The molecule has 106 valence electrons. The minimum Gasteiger partial charge on any atom is -0.455 e. The van der Waals surface area contributed by atoms with Crippen LogP contribution in [0.2, 0.25) is 0 Å². The second kappa shape index (κ2) is 6.20. The maximum atomic E-state index is 12.1. The van der Waals surface area contributed by atoms with Crippen LogP contribution in [0.3, 0.4) is 0 Å². The third-order valence-electron chi connectivity index (χ3n) is 3.23. The van der Waals surface area contributed by atoms with E-state index in [4.69, 9.17) is 4.74 Å². The van der Waals surface area contributed by atoms with E-state index in [1.54, 1.807) is 0 Å². The smallest absolute Gasteiger partial charge is 0.311 e. The van der Waals surface area contributed by atoms with Crippen LogP contribution < -0.4 is 0 Å². The first-order valence-electron chi connectivity index (χ1n) is 6.66. The van der Waals surface area contributed by atoms with Crippen molar-refractivity contribution in [2.45, 2.75) is 39.8 Å². The number of carbonyl (C=O) groups excluding carboxylic acids is 1. The van der Waals surface area contributed by atoms with Crippen molar-refractivity contribution in [3.8, 4) is 0 Å². The van der Waals surface area contributed by atoms with Crippen molar-refractivity contribution in [1.29, 1.82) is 0 Å². The molecule has 0 N–H and O–H groups in total. The highest BCUT2D eigenvalue weighted by atomic mass is 16.5. The Balaban J connectivity index is 2.98. The number of carbonyl (C=O) groups is 1. The summed E-state index contributed by atoms with van der Waals surface area (Å²) in [6.07, 6.45) is -0.247. The Bertz CT molecular complexity index is 407. The fraction of sp³-hybridized carbons (Fsp3) is 0.562. The van der Waals surface area contributed by atoms with E-state index < -0.39 is 5.41 Å². The van der Waals surface area contributed by atoms with E-state index in [-0.39, 0.29) is 18.1 Å². The summed E-state index contributed by atoms with van der Waals surface area (Å²) >= 11 is 0. The van der Waals surface area contributed by atoms with Crippen LogP contribution in [-0.4, -0.2) is 31.0 Å². The van der Waals surface area contributed by atoms with Gasteiger partial charge >= 0.3 is 5.97 Å². The largest absolute Gasteiger partial charge is 0.455 e. The minimum absolute atomic E-state index is 0.119. The Morgan fingerprint density at radius 3 is 2.11 bits per heavy atom. The third-order valence-corrected chi connectivity index (χ3v) is 3.23. The van der Waals surface area contributed by atoms with E-state index in [2.05, 4.69) is 11.8 Å². The molecule has 0 bridgehead atoms. The van der Waals surface area contributed by atoms with Crippen LogP contribution in [0, 0.1) is 5.41 Å². The summed E-state index contributed by atoms with van der Waals surface area (Å²) in [4.78, 5) is 14.2. The lowest BCUT2D eigenvalue weighted by molar-refractivity contribution is -0.162. The number of hydrogen-bond donors (Lipinski definition) is 0. The topological polar surface area (TPSA) is 29.5 Å². The SMILES string of the molecule is CC([C@@H](OC(=O)C(C)(C)C)c1ccccc1)N(C)C. The Morgan fingerprint density at radius 1 is 1.16 bits per heavy atom. The first-order valence-corrected chi connectivity index (χ1v) is 6.66. The van der Waals surface area contributed by atoms with Gasteiger partial charge in [0.05, 0.1) is 5.41 Å². The summed E-state index contributed by atoms with van der Waals surface area (Å²) in [5, 5.41) is 0. The molecule has 0 amide bonds. The number of ether oxygens (including phenoxy) is 1. The van der Waals surface area contributed by atoms with Crippen molar-refractivity contribution in [2.75, 3.05) is 14.1 Å². The van der Waals surface area contributed by atoms with Gasteiger partial charge in [-0.25, -0.2) is 0 Å².